The van der Waals surface area contributed by atoms with E-state index in [2.05, 4.69) is 27.4 Å². The van der Waals surface area contributed by atoms with Gasteiger partial charge in [-0.25, -0.2) is 0 Å². The Balaban J connectivity index is 1.88. The molecule has 1 N–H and O–H groups in total. The number of nitrogens with one attached hydrogen (secondary N) is 1. The van der Waals surface area contributed by atoms with Crippen LogP contribution in [-0.2, 0) is 6.54 Å². The number of rotatable bonds is 3. The van der Waals surface area contributed by atoms with Crippen LogP contribution in [0.15, 0.2) is 4.52 Å². The van der Waals surface area contributed by atoms with Crippen LogP contribution in [0.2, 0.25) is 0 Å². The number of aryl methyl sites for hydroxylation is 1. The molecule has 2 rings (SSSR count). The van der Waals surface area contributed by atoms with Crippen LogP contribution in [0.1, 0.15) is 31.0 Å². The largest absolute Gasteiger partial charge is 0.338 e. The van der Waals surface area contributed by atoms with Crippen molar-refractivity contribution in [3.05, 3.63) is 11.7 Å². The first-order valence-electron chi connectivity index (χ1n) is 5.96. The van der Waals surface area contributed by atoms with E-state index in [4.69, 9.17) is 4.52 Å². The van der Waals surface area contributed by atoms with Gasteiger partial charge >= 0.3 is 0 Å². The van der Waals surface area contributed by atoms with Gasteiger partial charge < -0.3 is 9.84 Å². The quantitative estimate of drug-likeness (QED) is 0.828. The Morgan fingerprint density at radius 3 is 3.06 bits per heavy atom. The Morgan fingerprint density at radius 2 is 2.31 bits per heavy atom. The van der Waals surface area contributed by atoms with Crippen molar-refractivity contribution >= 4 is 0 Å². The van der Waals surface area contributed by atoms with Crippen LogP contribution in [0.25, 0.3) is 0 Å². The summed E-state index contributed by atoms with van der Waals surface area (Å²) in [5.41, 5.74) is 0. The minimum absolute atomic E-state index is 0.627. The first kappa shape index (κ1) is 11.5. The van der Waals surface area contributed by atoms with Crippen LogP contribution in [0.5, 0.6) is 0 Å². The van der Waals surface area contributed by atoms with Crippen LogP contribution >= 0.6 is 0 Å². The van der Waals surface area contributed by atoms with Crippen LogP contribution in [0, 0.1) is 6.92 Å². The molecule has 0 amide bonds. The molecule has 1 atom stereocenters. The van der Waals surface area contributed by atoms with Crippen molar-refractivity contribution in [2.24, 2.45) is 0 Å². The second-order valence-electron chi connectivity index (χ2n) is 4.49. The lowest BCUT2D eigenvalue weighted by Gasteiger charge is -2.25. The van der Waals surface area contributed by atoms with Crippen LogP contribution in [0.4, 0.5) is 0 Å². The summed E-state index contributed by atoms with van der Waals surface area (Å²) in [7, 11) is 2.13. The normalized spacial score (nSPS) is 22.3. The molecule has 0 aromatic carbocycles. The third-order valence-corrected chi connectivity index (χ3v) is 3.12. The van der Waals surface area contributed by atoms with Gasteiger partial charge in [0.25, 0.3) is 0 Å². The summed E-state index contributed by atoms with van der Waals surface area (Å²) < 4.78 is 5.14. The zero-order valence-corrected chi connectivity index (χ0v) is 10.1. The maximum Gasteiger partial charge on any atom is 0.240 e. The average molecular weight is 224 g/mol. The molecule has 0 saturated carbocycles. The molecule has 1 aliphatic heterocycles. The van der Waals surface area contributed by atoms with E-state index in [-0.39, 0.29) is 0 Å². The first-order chi connectivity index (χ1) is 7.75. The summed E-state index contributed by atoms with van der Waals surface area (Å²) in [6, 6.07) is 0.627. The Kier molecular flexibility index (Phi) is 3.90. The highest BCUT2D eigenvalue weighted by Crippen LogP contribution is 2.14. The fraction of sp³-hybridized carbons (Fsp3) is 0.818. The highest BCUT2D eigenvalue weighted by molar-refractivity contribution is 4.84. The second kappa shape index (κ2) is 5.41. The van der Waals surface area contributed by atoms with Gasteiger partial charge in [-0.15, -0.1) is 0 Å². The standard InChI is InChI=1S/C11H20N4O/c1-9-13-11(16-14-9)8-15(2)10-4-3-6-12-7-5-10/h10,12H,3-8H2,1-2H3. The van der Waals surface area contributed by atoms with Gasteiger partial charge in [0.05, 0.1) is 6.54 Å². The maximum absolute atomic E-state index is 5.14. The molecule has 0 bridgehead atoms. The maximum atomic E-state index is 5.14. The average Bonchev–Trinajstić information content (AvgIpc) is 2.56. The van der Waals surface area contributed by atoms with Gasteiger partial charge in [0.1, 0.15) is 0 Å². The van der Waals surface area contributed by atoms with Gasteiger partial charge in [-0.05, 0) is 46.3 Å². The number of hydrogen-bond acceptors (Lipinski definition) is 5. The SMILES string of the molecule is Cc1noc(CN(C)C2CCCNCC2)n1. The minimum Gasteiger partial charge on any atom is -0.338 e. The molecule has 90 valence electrons. The van der Waals surface area contributed by atoms with E-state index in [1.807, 2.05) is 6.92 Å². The topological polar surface area (TPSA) is 54.2 Å². The summed E-state index contributed by atoms with van der Waals surface area (Å²) in [6.45, 7) is 4.86. The summed E-state index contributed by atoms with van der Waals surface area (Å²) >= 11 is 0. The zero-order valence-electron chi connectivity index (χ0n) is 10.1. The van der Waals surface area contributed by atoms with Gasteiger partial charge in [-0.3, -0.25) is 4.90 Å². The fourth-order valence-electron chi connectivity index (χ4n) is 2.19. The van der Waals surface area contributed by atoms with Crippen molar-refractivity contribution < 1.29 is 4.52 Å². The highest BCUT2D eigenvalue weighted by atomic mass is 16.5. The van der Waals surface area contributed by atoms with E-state index in [0.29, 0.717) is 11.9 Å². The van der Waals surface area contributed by atoms with Gasteiger partial charge in [0, 0.05) is 6.04 Å². The number of hydrogen-bond donors (Lipinski definition) is 1. The highest BCUT2D eigenvalue weighted by Gasteiger charge is 2.18. The summed E-state index contributed by atoms with van der Waals surface area (Å²) in [5, 5.41) is 7.23. The summed E-state index contributed by atoms with van der Waals surface area (Å²) in [5.74, 6) is 1.43. The molecule has 16 heavy (non-hydrogen) atoms. The summed E-state index contributed by atoms with van der Waals surface area (Å²) in [4.78, 5) is 6.55. The van der Waals surface area contributed by atoms with E-state index in [9.17, 15) is 0 Å². The predicted molar refractivity (Wildman–Crippen MR) is 61.0 cm³/mol. The molecule has 1 aliphatic rings. The van der Waals surface area contributed by atoms with Gasteiger partial charge in [-0.1, -0.05) is 5.16 Å². The second-order valence-corrected chi connectivity index (χ2v) is 4.49. The van der Waals surface area contributed by atoms with E-state index in [0.717, 1.165) is 25.5 Å². The van der Waals surface area contributed by atoms with Crippen molar-refractivity contribution in [3.63, 3.8) is 0 Å². The molecule has 2 heterocycles. The molecule has 1 saturated heterocycles. The smallest absolute Gasteiger partial charge is 0.240 e. The van der Waals surface area contributed by atoms with E-state index in [1.54, 1.807) is 0 Å². The van der Waals surface area contributed by atoms with Gasteiger partial charge in [0.15, 0.2) is 5.82 Å². The van der Waals surface area contributed by atoms with E-state index < -0.39 is 0 Å². The van der Waals surface area contributed by atoms with Crippen molar-refractivity contribution in [2.75, 3.05) is 20.1 Å². The number of nitrogens with zero attached hydrogens (tertiary/aromatic N) is 3. The Labute approximate surface area is 96.2 Å². The molecular weight excluding hydrogens is 204 g/mol. The van der Waals surface area contributed by atoms with Crippen molar-refractivity contribution in [1.29, 1.82) is 0 Å². The minimum atomic E-state index is 0.627. The predicted octanol–water partition coefficient (Wildman–Crippen LogP) is 0.952. The lowest BCUT2D eigenvalue weighted by atomic mass is 10.1. The molecule has 1 unspecified atom stereocenters. The van der Waals surface area contributed by atoms with Crippen LogP contribution in [0.3, 0.4) is 0 Å². The van der Waals surface area contributed by atoms with Crippen LogP contribution < -0.4 is 5.32 Å². The molecule has 0 aliphatic carbocycles. The van der Waals surface area contributed by atoms with Gasteiger partial charge in [0.2, 0.25) is 5.89 Å². The zero-order chi connectivity index (χ0) is 11.4. The number of aromatic nitrogens is 2. The molecule has 0 spiro atoms. The third-order valence-electron chi connectivity index (χ3n) is 3.12. The molecule has 1 aromatic heterocycles. The van der Waals surface area contributed by atoms with E-state index >= 15 is 0 Å². The molecule has 1 fully saturated rings. The third kappa shape index (κ3) is 3.02. The lowest BCUT2D eigenvalue weighted by Crippen LogP contribution is -2.32. The fourth-order valence-corrected chi connectivity index (χ4v) is 2.19. The van der Waals surface area contributed by atoms with Gasteiger partial charge in [-0.2, -0.15) is 4.98 Å². The first-order valence-corrected chi connectivity index (χ1v) is 5.96. The van der Waals surface area contributed by atoms with Crippen molar-refractivity contribution in [2.45, 2.75) is 38.8 Å². The molecule has 5 nitrogen and oxygen atoms in total. The van der Waals surface area contributed by atoms with Crippen LogP contribution in [-0.4, -0.2) is 41.2 Å². The Bertz CT molecular complexity index is 318. The Hall–Kier alpha value is -0.940. The van der Waals surface area contributed by atoms with Crippen molar-refractivity contribution in [3.8, 4) is 0 Å². The van der Waals surface area contributed by atoms with E-state index in [1.165, 1.54) is 19.3 Å². The summed E-state index contributed by atoms with van der Waals surface area (Å²) in [6.07, 6.45) is 3.69. The molecule has 0 radical (unpaired) electrons. The molecular formula is C11H20N4O. The Morgan fingerprint density at radius 1 is 1.44 bits per heavy atom. The molecule has 1 aromatic rings. The van der Waals surface area contributed by atoms with Crippen molar-refractivity contribution in [1.82, 2.24) is 20.4 Å². The monoisotopic (exact) mass is 224 g/mol. The molecule has 5 heteroatoms. The lowest BCUT2D eigenvalue weighted by molar-refractivity contribution is 0.190.